The molecule has 0 aromatic carbocycles. The number of nitrogens with two attached hydrogens (primary N) is 1. The minimum Gasteiger partial charge on any atom is -0.354 e. The first-order valence-corrected chi connectivity index (χ1v) is 5.79. The number of halogens is 1. The number of hydrogen-bond donors (Lipinski definition) is 2. The van der Waals surface area contributed by atoms with Crippen LogP contribution in [-0.4, -0.2) is 32.7 Å². The molecule has 9 heteroatoms. The minimum atomic E-state index is -0.246. The third-order valence-corrected chi connectivity index (χ3v) is 3.08. The van der Waals surface area contributed by atoms with Crippen molar-refractivity contribution >= 4 is 29.7 Å². The van der Waals surface area contributed by atoms with Crippen LogP contribution in [0.5, 0.6) is 0 Å². The van der Waals surface area contributed by atoms with E-state index in [1.165, 1.54) is 23.9 Å². The standard InChI is InChI=1S/C9H12N6OS.ClH/c1-5(10)7-13-4-14-15(7)9-12-3-6(17-9)8(16)11-2;/h3-5H,10H2,1-2H3,(H,11,16);1H/t5-;/m0./s1. The first-order valence-electron chi connectivity index (χ1n) is 4.97. The Labute approximate surface area is 114 Å². The van der Waals surface area contributed by atoms with E-state index in [0.717, 1.165) is 0 Å². The van der Waals surface area contributed by atoms with Gasteiger partial charge in [-0.05, 0) is 6.92 Å². The van der Waals surface area contributed by atoms with E-state index in [1.54, 1.807) is 11.7 Å². The maximum atomic E-state index is 11.4. The van der Waals surface area contributed by atoms with Gasteiger partial charge in [0.05, 0.1) is 12.2 Å². The summed E-state index contributed by atoms with van der Waals surface area (Å²) in [4.78, 5) is 20.1. The summed E-state index contributed by atoms with van der Waals surface area (Å²) in [7, 11) is 1.57. The Morgan fingerprint density at radius 1 is 1.56 bits per heavy atom. The van der Waals surface area contributed by atoms with Crippen LogP contribution < -0.4 is 11.1 Å². The van der Waals surface area contributed by atoms with Gasteiger partial charge in [-0.25, -0.2) is 9.97 Å². The van der Waals surface area contributed by atoms with Gasteiger partial charge in [-0.15, -0.1) is 12.4 Å². The number of rotatable bonds is 3. The fourth-order valence-electron chi connectivity index (χ4n) is 1.30. The number of amides is 1. The van der Waals surface area contributed by atoms with Crippen LogP contribution >= 0.6 is 23.7 Å². The van der Waals surface area contributed by atoms with Crippen LogP contribution in [0.1, 0.15) is 28.5 Å². The predicted molar refractivity (Wildman–Crippen MR) is 70.3 cm³/mol. The molecular formula is C9H13ClN6OS. The molecule has 0 saturated heterocycles. The average Bonchev–Trinajstić information content (AvgIpc) is 2.95. The van der Waals surface area contributed by atoms with Crippen molar-refractivity contribution < 1.29 is 4.79 Å². The van der Waals surface area contributed by atoms with Gasteiger partial charge in [0.1, 0.15) is 11.2 Å². The Balaban J connectivity index is 0.00000162. The number of aromatic nitrogens is 4. The Kier molecular flexibility index (Phi) is 4.76. The fourth-order valence-corrected chi connectivity index (χ4v) is 2.13. The van der Waals surface area contributed by atoms with E-state index in [4.69, 9.17) is 5.73 Å². The lowest BCUT2D eigenvalue weighted by Gasteiger charge is -2.04. The van der Waals surface area contributed by atoms with E-state index in [0.29, 0.717) is 15.8 Å². The van der Waals surface area contributed by atoms with Gasteiger partial charge in [0, 0.05) is 7.05 Å². The maximum absolute atomic E-state index is 11.4. The summed E-state index contributed by atoms with van der Waals surface area (Å²) in [5, 5.41) is 7.16. The Hall–Kier alpha value is -1.51. The summed E-state index contributed by atoms with van der Waals surface area (Å²) in [5.41, 5.74) is 5.76. The molecule has 0 fully saturated rings. The summed E-state index contributed by atoms with van der Waals surface area (Å²) in [6, 6.07) is -0.246. The number of thiazole rings is 1. The highest BCUT2D eigenvalue weighted by atomic mass is 35.5. The molecule has 18 heavy (non-hydrogen) atoms. The third-order valence-electron chi connectivity index (χ3n) is 2.11. The summed E-state index contributed by atoms with van der Waals surface area (Å²) in [5.74, 6) is 0.444. The van der Waals surface area contributed by atoms with E-state index in [-0.39, 0.29) is 24.4 Å². The molecular weight excluding hydrogens is 276 g/mol. The molecule has 7 nitrogen and oxygen atoms in total. The zero-order valence-electron chi connectivity index (χ0n) is 9.82. The van der Waals surface area contributed by atoms with Crippen LogP contribution in [0, 0.1) is 0 Å². The molecule has 98 valence electrons. The molecule has 0 bridgehead atoms. The quantitative estimate of drug-likeness (QED) is 0.858. The summed E-state index contributed by atoms with van der Waals surface area (Å²) in [6.07, 6.45) is 2.92. The van der Waals surface area contributed by atoms with Crippen LogP contribution in [0.3, 0.4) is 0 Å². The van der Waals surface area contributed by atoms with E-state index >= 15 is 0 Å². The molecule has 0 spiro atoms. The number of nitrogens with one attached hydrogen (secondary N) is 1. The topological polar surface area (TPSA) is 98.7 Å². The molecule has 0 aliphatic carbocycles. The van der Waals surface area contributed by atoms with Gasteiger partial charge in [0.15, 0.2) is 5.82 Å². The maximum Gasteiger partial charge on any atom is 0.262 e. The third kappa shape index (κ3) is 2.66. The second kappa shape index (κ2) is 5.89. The van der Waals surface area contributed by atoms with Crippen LogP contribution in [0.4, 0.5) is 0 Å². The van der Waals surface area contributed by atoms with Gasteiger partial charge in [-0.2, -0.15) is 9.78 Å². The second-order valence-corrected chi connectivity index (χ2v) is 4.41. The zero-order chi connectivity index (χ0) is 12.4. The number of hydrogen-bond acceptors (Lipinski definition) is 6. The van der Waals surface area contributed by atoms with Crippen molar-refractivity contribution in [1.82, 2.24) is 25.1 Å². The monoisotopic (exact) mass is 288 g/mol. The van der Waals surface area contributed by atoms with Gasteiger partial charge in [-0.1, -0.05) is 11.3 Å². The Morgan fingerprint density at radius 3 is 2.89 bits per heavy atom. The van der Waals surface area contributed by atoms with Gasteiger partial charge in [0.2, 0.25) is 5.13 Å². The van der Waals surface area contributed by atoms with Crippen molar-refractivity contribution in [3.05, 3.63) is 23.2 Å². The summed E-state index contributed by atoms with van der Waals surface area (Å²) >= 11 is 1.24. The molecule has 2 heterocycles. The Bertz CT molecular complexity index is 537. The van der Waals surface area contributed by atoms with Gasteiger partial charge < -0.3 is 11.1 Å². The van der Waals surface area contributed by atoms with E-state index < -0.39 is 0 Å². The van der Waals surface area contributed by atoms with Crippen molar-refractivity contribution in [2.45, 2.75) is 13.0 Å². The van der Waals surface area contributed by atoms with Crippen molar-refractivity contribution in [3.8, 4) is 5.13 Å². The van der Waals surface area contributed by atoms with E-state index in [1.807, 2.05) is 6.92 Å². The second-order valence-electron chi connectivity index (χ2n) is 3.40. The van der Waals surface area contributed by atoms with Crippen LogP contribution in [0.2, 0.25) is 0 Å². The van der Waals surface area contributed by atoms with Crippen molar-refractivity contribution in [2.75, 3.05) is 7.05 Å². The van der Waals surface area contributed by atoms with Crippen molar-refractivity contribution in [2.24, 2.45) is 5.73 Å². The van der Waals surface area contributed by atoms with Crippen LogP contribution in [0.25, 0.3) is 5.13 Å². The Morgan fingerprint density at radius 2 is 2.28 bits per heavy atom. The zero-order valence-corrected chi connectivity index (χ0v) is 11.5. The average molecular weight is 289 g/mol. The van der Waals surface area contributed by atoms with Crippen molar-refractivity contribution in [3.63, 3.8) is 0 Å². The van der Waals surface area contributed by atoms with Crippen molar-refractivity contribution in [1.29, 1.82) is 0 Å². The number of carbonyl (C=O) groups is 1. The molecule has 0 unspecified atom stereocenters. The molecule has 2 rings (SSSR count). The fraction of sp³-hybridized carbons (Fsp3) is 0.333. The molecule has 0 radical (unpaired) electrons. The molecule has 0 aliphatic heterocycles. The van der Waals surface area contributed by atoms with Gasteiger partial charge in [0.25, 0.3) is 5.91 Å². The largest absolute Gasteiger partial charge is 0.354 e. The summed E-state index contributed by atoms with van der Waals surface area (Å²) in [6.45, 7) is 1.81. The van der Waals surface area contributed by atoms with Gasteiger partial charge in [-0.3, -0.25) is 4.79 Å². The highest BCUT2D eigenvalue weighted by Crippen LogP contribution is 2.19. The molecule has 0 saturated carbocycles. The predicted octanol–water partition coefficient (Wildman–Crippen LogP) is 0.525. The molecule has 1 amide bonds. The first-order chi connectivity index (χ1) is 8.13. The molecule has 2 aromatic heterocycles. The molecule has 2 aromatic rings. The van der Waals surface area contributed by atoms with Crippen LogP contribution in [-0.2, 0) is 0 Å². The highest BCUT2D eigenvalue weighted by Gasteiger charge is 2.15. The lowest BCUT2D eigenvalue weighted by molar-refractivity contribution is 0.0967. The smallest absolute Gasteiger partial charge is 0.262 e. The normalized spacial score (nSPS) is 11.7. The van der Waals surface area contributed by atoms with Crippen LogP contribution in [0.15, 0.2) is 12.5 Å². The lowest BCUT2D eigenvalue weighted by atomic mass is 10.3. The number of nitrogens with zero attached hydrogens (tertiary/aromatic N) is 4. The lowest BCUT2D eigenvalue weighted by Crippen LogP contribution is -2.16. The molecule has 3 N–H and O–H groups in total. The highest BCUT2D eigenvalue weighted by molar-refractivity contribution is 7.16. The summed E-state index contributed by atoms with van der Waals surface area (Å²) < 4.78 is 1.54. The molecule has 1 atom stereocenters. The van der Waals surface area contributed by atoms with E-state index in [2.05, 4.69) is 20.4 Å². The molecule has 0 aliphatic rings. The van der Waals surface area contributed by atoms with E-state index in [9.17, 15) is 4.79 Å². The SMILES string of the molecule is CNC(=O)c1cnc(-n2ncnc2[C@H](C)N)s1.Cl. The van der Waals surface area contributed by atoms with Gasteiger partial charge >= 0.3 is 0 Å². The number of carbonyl (C=O) groups excluding carboxylic acids is 1. The minimum absolute atomic E-state index is 0. The first kappa shape index (κ1) is 14.6.